The molecule has 0 bridgehead atoms. The SMILES string of the molecule is Cc1ccccc1OCC1CCN(C(=O)c2cccs2)CC1. The first-order chi connectivity index (χ1) is 10.7. The molecule has 0 atom stereocenters. The van der Waals surface area contributed by atoms with Crippen LogP contribution >= 0.6 is 11.3 Å². The van der Waals surface area contributed by atoms with Gasteiger partial charge in [-0.05, 0) is 48.8 Å². The third-order valence-electron chi connectivity index (χ3n) is 4.20. The number of likely N-dealkylation sites (tertiary alicyclic amines) is 1. The molecule has 4 heteroatoms. The van der Waals surface area contributed by atoms with Crippen molar-refractivity contribution in [2.45, 2.75) is 19.8 Å². The molecule has 1 saturated heterocycles. The molecule has 2 aromatic rings. The molecule has 0 N–H and O–H groups in total. The number of hydrogen-bond donors (Lipinski definition) is 0. The average molecular weight is 315 g/mol. The van der Waals surface area contributed by atoms with Crippen LogP contribution in [0, 0.1) is 12.8 Å². The Morgan fingerprint density at radius 2 is 2.00 bits per heavy atom. The van der Waals surface area contributed by atoms with Gasteiger partial charge in [0.25, 0.3) is 5.91 Å². The van der Waals surface area contributed by atoms with Crippen LogP contribution in [-0.4, -0.2) is 30.5 Å². The van der Waals surface area contributed by atoms with Crippen LogP contribution in [-0.2, 0) is 0 Å². The van der Waals surface area contributed by atoms with E-state index in [0.717, 1.165) is 43.2 Å². The van der Waals surface area contributed by atoms with Crippen molar-refractivity contribution >= 4 is 17.2 Å². The molecule has 1 aliphatic heterocycles. The summed E-state index contributed by atoms with van der Waals surface area (Å²) in [6.07, 6.45) is 2.03. The lowest BCUT2D eigenvalue weighted by Crippen LogP contribution is -2.39. The summed E-state index contributed by atoms with van der Waals surface area (Å²) in [4.78, 5) is 15.1. The maximum Gasteiger partial charge on any atom is 0.263 e. The number of benzene rings is 1. The van der Waals surface area contributed by atoms with Crippen LogP contribution in [0.4, 0.5) is 0 Å². The third-order valence-corrected chi connectivity index (χ3v) is 5.06. The van der Waals surface area contributed by atoms with Crippen LogP contribution in [0.3, 0.4) is 0 Å². The number of rotatable bonds is 4. The lowest BCUT2D eigenvalue weighted by atomic mass is 9.97. The first kappa shape index (κ1) is 15.1. The van der Waals surface area contributed by atoms with Gasteiger partial charge in [-0.1, -0.05) is 24.3 Å². The van der Waals surface area contributed by atoms with Gasteiger partial charge < -0.3 is 9.64 Å². The fourth-order valence-corrected chi connectivity index (χ4v) is 3.48. The van der Waals surface area contributed by atoms with Gasteiger partial charge in [-0.15, -0.1) is 11.3 Å². The van der Waals surface area contributed by atoms with Gasteiger partial charge in [0, 0.05) is 13.1 Å². The van der Waals surface area contributed by atoms with Gasteiger partial charge in [0.1, 0.15) is 5.75 Å². The molecule has 3 rings (SSSR count). The molecule has 0 radical (unpaired) electrons. The van der Waals surface area contributed by atoms with E-state index in [0.29, 0.717) is 5.92 Å². The Morgan fingerprint density at radius 1 is 1.23 bits per heavy atom. The van der Waals surface area contributed by atoms with Crippen LogP contribution in [0.5, 0.6) is 5.75 Å². The van der Waals surface area contributed by atoms with E-state index in [1.165, 1.54) is 16.9 Å². The second-order valence-corrected chi connectivity index (χ2v) is 6.74. The van der Waals surface area contributed by atoms with Gasteiger partial charge in [0.05, 0.1) is 11.5 Å². The number of para-hydroxylation sites is 1. The topological polar surface area (TPSA) is 29.5 Å². The largest absolute Gasteiger partial charge is 0.493 e. The molecule has 2 heterocycles. The van der Waals surface area contributed by atoms with E-state index in [9.17, 15) is 4.79 Å². The monoisotopic (exact) mass is 315 g/mol. The number of thiophene rings is 1. The fourth-order valence-electron chi connectivity index (χ4n) is 2.78. The van der Waals surface area contributed by atoms with Crippen LogP contribution in [0.1, 0.15) is 28.1 Å². The van der Waals surface area contributed by atoms with Crippen LogP contribution in [0.15, 0.2) is 41.8 Å². The van der Waals surface area contributed by atoms with Crippen molar-refractivity contribution in [3.63, 3.8) is 0 Å². The number of hydrogen-bond acceptors (Lipinski definition) is 3. The van der Waals surface area contributed by atoms with Crippen LogP contribution in [0.25, 0.3) is 0 Å². The minimum atomic E-state index is 0.174. The van der Waals surface area contributed by atoms with E-state index in [1.54, 1.807) is 0 Å². The molecule has 0 aliphatic carbocycles. The zero-order valence-electron chi connectivity index (χ0n) is 12.8. The fraction of sp³-hybridized carbons (Fsp3) is 0.389. The summed E-state index contributed by atoms with van der Waals surface area (Å²) < 4.78 is 5.94. The zero-order valence-corrected chi connectivity index (χ0v) is 13.6. The van der Waals surface area contributed by atoms with E-state index in [4.69, 9.17) is 4.74 Å². The second kappa shape index (κ2) is 6.97. The Hall–Kier alpha value is -1.81. The predicted octanol–water partition coefficient (Wildman–Crippen LogP) is 3.99. The quantitative estimate of drug-likeness (QED) is 0.854. The molecule has 1 aromatic heterocycles. The average Bonchev–Trinajstić information content (AvgIpc) is 3.08. The van der Waals surface area contributed by atoms with E-state index in [1.807, 2.05) is 40.6 Å². The lowest BCUT2D eigenvalue weighted by Gasteiger charge is -2.31. The highest BCUT2D eigenvalue weighted by molar-refractivity contribution is 7.12. The highest BCUT2D eigenvalue weighted by Gasteiger charge is 2.24. The normalized spacial score (nSPS) is 15.8. The summed E-state index contributed by atoms with van der Waals surface area (Å²) in [6, 6.07) is 11.9. The molecular weight excluding hydrogens is 294 g/mol. The Morgan fingerprint density at radius 3 is 2.68 bits per heavy atom. The molecule has 0 spiro atoms. The van der Waals surface area contributed by atoms with Gasteiger partial charge in [-0.3, -0.25) is 4.79 Å². The molecule has 1 aromatic carbocycles. The standard InChI is InChI=1S/C18H21NO2S/c1-14-5-2-3-6-16(14)21-13-15-8-10-19(11-9-15)18(20)17-7-4-12-22-17/h2-7,12,15H,8-11,13H2,1H3. The van der Waals surface area contributed by atoms with Crippen molar-refractivity contribution in [3.05, 3.63) is 52.2 Å². The minimum absolute atomic E-state index is 0.174. The molecular formula is C18H21NO2S. The van der Waals surface area contributed by atoms with Gasteiger partial charge in [0.2, 0.25) is 0 Å². The van der Waals surface area contributed by atoms with Gasteiger partial charge in [-0.2, -0.15) is 0 Å². The maximum absolute atomic E-state index is 12.3. The molecule has 22 heavy (non-hydrogen) atoms. The van der Waals surface area contributed by atoms with E-state index < -0.39 is 0 Å². The highest BCUT2D eigenvalue weighted by Crippen LogP contribution is 2.23. The number of carbonyl (C=O) groups is 1. The molecule has 3 nitrogen and oxygen atoms in total. The minimum Gasteiger partial charge on any atom is -0.493 e. The Labute approximate surface area is 135 Å². The van der Waals surface area contributed by atoms with Crippen LogP contribution < -0.4 is 4.74 Å². The summed E-state index contributed by atoms with van der Waals surface area (Å²) in [6.45, 7) is 4.47. The Bertz CT molecular complexity index is 616. The Balaban J connectivity index is 1.48. The summed E-state index contributed by atoms with van der Waals surface area (Å²) >= 11 is 1.52. The first-order valence-corrected chi connectivity index (χ1v) is 8.63. The van der Waals surface area contributed by atoms with Gasteiger partial charge in [-0.25, -0.2) is 0 Å². The number of carbonyl (C=O) groups excluding carboxylic acids is 1. The predicted molar refractivity (Wildman–Crippen MR) is 89.6 cm³/mol. The van der Waals surface area contributed by atoms with Gasteiger partial charge in [0.15, 0.2) is 0 Å². The van der Waals surface area contributed by atoms with E-state index >= 15 is 0 Å². The van der Waals surface area contributed by atoms with E-state index in [2.05, 4.69) is 13.0 Å². The molecule has 116 valence electrons. The summed E-state index contributed by atoms with van der Waals surface area (Å²) in [5.41, 5.74) is 1.17. The van der Waals surface area contributed by atoms with Crippen molar-refractivity contribution in [1.29, 1.82) is 0 Å². The number of aryl methyl sites for hydroxylation is 1. The number of nitrogens with zero attached hydrogens (tertiary/aromatic N) is 1. The second-order valence-electron chi connectivity index (χ2n) is 5.79. The smallest absolute Gasteiger partial charge is 0.263 e. The highest BCUT2D eigenvalue weighted by atomic mass is 32.1. The van der Waals surface area contributed by atoms with Crippen LogP contribution in [0.2, 0.25) is 0 Å². The molecule has 1 aliphatic rings. The summed E-state index contributed by atoms with van der Waals surface area (Å²) in [5.74, 6) is 1.68. The van der Waals surface area contributed by atoms with Crippen molar-refractivity contribution < 1.29 is 9.53 Å². The van der Waals surface area contributed by atoms with Crippen molar-refractivity contribution in [2.75, 3.05) is 19.7 Å². The van der Waals surface area contributed by atoms with Crippen molar-refractivity contribution in [2.24, 2.45) is 5.92 Å². The molecule has 0 unspecified atom stereocenters. The Kier molecular flexibility index (Phi) is 4.78. The number of piperidine rings is 1. The molecule has 0 saturated carbocycles. The maximum atomic E-state index is 12.3. The van der Waals surface area contributed by atoms with Crippen molar-refractivity contribution in [1.82, 2.24) is 4.90 Å². The zero-order chi connectivity index (χ0) is 15.4. The molecule has 1 amide bonds. The number of ether oxygens (including phenoxy) is 1. The summed E-state index contributed by atoms with van der Waals surface area (Å²) in [5, 5.41) is 1.95. The lowest BCUT2D eigenvalue weighted by molar-refractivity contribution is 0.0665. The summed E-state index contributed by atoms with van der Waals surface area (Å²) in [7, 11) is 0. The van der Waals surface area contributed by atoms with Gasteiger partial charge >= 0.3 is 0 Å². The first-order valence-electron chi connectivity index (χ1n) is 7.75. The van der Waals surface area contributed by atoms with Crippen molar-refractivity contribution in [3.8, 4) is 5.75 Å². The van der Waals surface area contributed by atoms with E-state index in [-0.39, 0.29) is 5.91 Å². The number of amides is 1. The molecule has 1 fully saturated rings. The third kappa shape index (κ3) is 3.50.